The maximum Gasteiger partial charge on any atom is 0.0669 e. The van der Waals surface area contributed by atoms with Gasteiger partial charge in [-0.05, 0) is 40.2 Å². The zero-order valence-electron chi connectivity index (χ0n) is 9.01. The number of likely N-dealkylation sites (tertiary alicyclic amines) is 1. The largest absolute Gasteiger partial charge is 0.297 e. The quantitative estimate of drug-likeness (QED) is 0.572. The van der Waals surface area contributed by atoms with E-state index in [0.29, 0.717) is 0 Å². The molecule has 1 heterocycles. The van der Waals surface area contributed by atoms with E-state index in [-0.39, 0.29) is 11.5 Å². The van der Waals surface area contributed by atoms with Crippen LogP contribution in [0.15, 0.2) is 0 Å². The highest BCUT2D eigenvalue weighted by Gasteiger charge is 2.25. The van der Waals surface area contributed by atoms with E-state index in [1.54, 1.807) is 0 Å². The minimum absolute atomic E-state index is 0.222. The second kappa shape index (κ2) is 4.11. The van der Waals surface area contributed by atoms with E-state index in [4.69, 9.17) is 5.26 Å². The molecule has 0 saturated carbocycles. The minimum atomic E-state index is 0.222. The normalized spacial score (nSPS) is 26.5. The lowest BCUT2D eigenvalue weighted by Crippen LogP contribution is -2.43. The fraction of sp³-hybridized carbons (Fsp3) is 0.909. The molecule has 0 amide bonds. The Morgan fingerprint density at radius 1 is 1.31 bits per heavy atom. The van der Waals surface area contributed by atoms with Crippen molar-refractivity contribution in [1.82, 2.24) is 4.90 Å². The SMILES string of the molecule is CC(C)(C)N1CCCCC(C#N)C1. The lowest BCUT2D eigenvalue weighted by Gasteiger charge is -2.35. The number of hydrogen-bond donors (Lipinski definition) is 0. The lowest BCUT2D eigenvalue weighted by molar-refractivity contribution is 0.133. The summed E-state index contributed by atoms with van der Waals surface area (Å²) >= 11 is 0. The highest BCUT2D eigenvalue weighted by molar-refractivity contribution is 4.90. The molecule has 2 heteroatoms. The highest BCUT2D eigenvalue weighted by Crippen LogP contribution is 2.22. The Bertz CT molecular complexity index is 197. The molecule has 0 aromatic rings. The van der Waals surface area contributed by atoms with Crippen LogP contribution in [0.5, 0.6) is 0 Å². The van der Waals surface area contributed by atoms with E-state index in [2.05, 4.69) is 31.7 Å². The van der Waals surface area contributed by atoms with Gasteiger partial charge in [-0.3, -0.25) is 4.90 Å². The molecule has 1 aliphatic heterocycles. The van der Waals surface area contributed by atoms with Gasteiger partial charge in [0.1, 0.15) is 0 Å². The summed E-state index contributed by atoms with van der Waals surface area (Å²) in [6.45, 7) is 8.80. The number of nitriles is 1. The van der Waals surface area contributed by atoms with Crippen molar-refractivity contribution in [3.8, 4) is 6.07 Å². The van der Waals surface area contributed by atoms with Crippen molar-refractivity contribution >= 4 is 0 Å². The van der Waals surface area contributed by atoms with E-state index in [1.807, 2.05) is 0 Å². The topological polar surface area (TPSA) is 27.0 Å². The highest BCUT2D eigenvalue weighted by atomic mass is 15.2. The van der Waals surface area contributed by atoms with Gasteiger partial charge in [0.25, 0.3) is 0 Å². The second-order valence-corrected chi connectivity index (χ2v) is 4.94. The Morgan fingerprint density at radius 2 is 2.00 bits per heavy atom. The van der Waals surface area contributed by atoms with E-state index < -0.39 is 0 Å². The summed E-state index contributed by atoms with van der Waals surface area (Å²) in [6, 6.07) is 2.40. The van der Waals surface area contributed by atoms with Crippen molar-refractivity contribution in [3.05, 3.63) is 0 Å². The van der Waals surface area contributed by atoms with Crippen molar-refractivity contribution in [1.29, 1.82) is 5.26 Å². The van der Waals surface area contributed by atoms with Crippen molar-refractivity contribution in [3.63, 3.8) is 0 Å². The Balaban J connectivity index is 2.60. The second-order valence-electron chi connectivity index (χ2n) is 4.94. The average molecular weight is 180 g/mol. The fourth-order valence-electron chi connectivity index (χ4n) is 1.86. The predicted octanol–water partition coefficient (Wildman–Crippen LogP) is 2.41. The van der Waals surface area contributed by atoms with Gasteiger partial charge in [0.05, 0.1) is 12.0 Å². The number of nitrogens with zero attached hydrogens (tertiary/aromatic N) is 2. The molecular formula is C11H20N2. The Labute approximate surface area is 81.5 Å². The summed E-state index contributed by atoms with van der Waals surface area (Å²) in [6.07, 6.45) is 3.54. The third kappa shape index (κ3) is 3.00. The van der Waals surface area contributed by atoms with Gasteiger partial charge >= 0.3 is 0 Å². The minimum Gasteiger partial charge on any atom is -0.297 e. The molecule has 0 aromatic carbocycles. The van der Waals surface area contributed by atoms with Crippen LogP contribution in [0.3, 0.4) is 0 Å². The van der Waals surface area contributed by atoms with E-state index in [1.165, 1.54) is 12.8 Å². The molecule has 2 nitrogen and oxygen atoms in total. The van der Waals surface area contributed by atoms with E-state index in [0.717, 1.165) is 19.5 Å². The van der Waals surface area contributed by atoms with Crippen LogP contribution in [0.4, 0.5) is 0 Å². The van der Waals surface area contributed by atoms with Crippen LogP contribution in [0.25, 0.3) is 0 Å². The molecule has 13 heavy (non-hydrogen) atoms. The molecule has 0 aliphatic carbocycles. The standard InChI is InChI=1S/C11H20N2/c1-11(2,3)13-7-5-4-6-10(8-12)9-13/h10H,4-7,9H2,1-3H3. The molecule has 1 fully saturated rings. The molecule has 0 aromatic heterocycles. The first-order valence-electron chi connectivity index (χ1n) is 5.18. The van der Waals surface area contributed by atoms with Crippen molar-refractivity contribution < 1.29 is 0 Å². The maximum atomic E-state index is 8.92. The Morgan fingerprint density at radius 3 is 2.54 bits per heavy atom. The molecule has 0 bridgehead atoms. The zero-order chi connectivity index (χ0) is 9.90. The smallest absolute Gasteiger partial charge is 0.0669 e. The first-order valence-corrected chi connectivity index (χ1v) is 5.18. The number of hydrogen-bond acceptors (Lipinski definition) is 2. The molecule has 0 spiro atoms. The van der Waals surface area contributed by atoms with Crippen LogP contribution in [-0.2, 0) is 0 Å². The average Bonchev–Trinajstić information content (AvgIpc) is 2.27. The first-order chi connectivity index (χ1) is 6.04. The van der Waals surface area contributed by atoms with Crippen LogP contribution < -0.4 is 0 Å². The van der Waals surface area contributed by atoms with Crippen LogP contribution in [0.1, 0.15) is 40.0 Å². The fourth-order valence-corrected chi connectivity index (χ4v) is 1.86. The van der Waals surface area contributed by atoms with Gasteiger partial charge in [0.15, 0.2) is 0 Å². The molecule has 1 atom stereocenters. The Kier molecular flexibility index (Phi) is 3.33. The van der Waals surface area contributed by atoms with Gasteiger partial charge in [-0.15, -0.1) is 0 Å². The molecule has 74 valence electrons. The van der Waals surface area contributed by atoms with Crippen molar-refractivity contribution in [2.45, 2.75) is 45.6 Å². The number of rotatable bonds is 0. The molecule has 0 N–H and O–H groups in total. The van der Waals surface area contributed by atoms with Gasteiger partial charge in [-0.1, -0.05) is 6.42 Å². The van der Waals surface area contributed by atoms with Gasteiger partial charge in [0.2, 0.25) is 0 Å². The Hall–Kier alpha value is -0.550. The van der Waals surface area contributed by atoms with Crippen LogP contribution in [0.2, 0.25) is 0 Å². The summed E-state index contributed by atoms with van der Waals surface area (Å²) in [4.78, 5) is 2.44. The van der Waals surface area contributed by atoms with E-state index in [9.17, 15) is 0 Å². The molecular weight excluding hydrogens is 160 g/mol. The van der Waals surface area contributed by atoms with Gasteiger partial charge in [-0.25, -0.2) is 0 Å². The molecule has 0 radical (unpaired) electrons. The maximum absolute atomic E-state index is 8.92. The molecule has 1 rings (SSSR count). The third-order valence-corrected chi connectivity index (χ3v) is 2.80. The van der Waals surface area contributed by atoms with Crippen LogP contribution in [0, 0.1) is 17.2 Å². The van der Waals surface area contributed by atoms with Crippen LogP contribution in [-0.4, -0.2) is 23.5 Å². The molecule has 1 aliphatic rings. The third-order valence-electron chi connectivity index (χ3n) is 2.80. The summed E-state index contributed by atoms with van der Waals surface area (Å²) in [5.41, 5.74) is 0.222. The summed E-state index contributed by atoms with van der Waals surface area (Å²) in [7, 11) is 0. The van der Waals surface area contributed by atoms with Crippen molar-refractivity contribution in [2.24, 2.45) is 5.92 Å². The molecule has 1 unspecified atom stereocenters. The van der Waals surface area contributed by atoms with Gasteiger partial charge in [0, 0.05) is 12.1 Å². The lowest BCUT2D eigenvalue weighted by atomic mass is 10.0. The van der Waals surface area contributed by atoms with Gasteiger partial charge < -0.3 is 0 Å². The summed E-state index contributed by atoms with van der Waals surface area (Å²) in [5, 5.41) is 8.92. The van der Waals surface area contributed by atoms with Crippen molar-refractivity contribution in [2.75, 3.05) is 13.1 Å². The first kappa shape index (κ1) is 10.5. The summed E-state index contributed by atoms with van der Waals surface area (Å²) in [5.74, 6) is 0.252. The summed E-state index contributed by atoms with van der Waals surface area (Å²) < 4.78 is 0. The molecule has 1 saturated heterocycles. The van der Waals surface area contributed by atoms with E-state index >= 15 is 0 Å². The van der Waals surface area contributed by atoms with Crippen LogP contribution >= 0.6 is 0 Å². The zero-order valence-corrected chi connectivity index (χ0v) is 9.01. The monoisotopic (exact) mass is 180 g/mol. The van der Waals surface area contributed by atoms with Gasteiger partial charge in [-0.2, -0.15) is 5.26 Å². The predicted molar refractivity (Wildman–Crippen MR) is 54.3 cm³/mol.